The molecular formula is C41H57ClN4O6S. The van der Waals surface area contributed by atoms with Crippen molar-refractivity contribution in [3.05, 3.63) is 70.3 Å². The van der Waals surface area contributed by atoms with Crippen molar-refractivity contribution in [1.29, 1.82) is 0 Å². The second-order valence-corrected chi connectivity index (χ2v) is 18.5. The van der Waals surface area contributed by atoms with E-state index < -0.39 is 26.8 Å². The van der Waals surface area contributed by atoms with Crippen LogP contribution in [0.1, 0.15) is 73.9 Å². The first-order valence-corrected chi connectivity index (χ1v) is 21.6. The third kappa shape index (κ3) is 8.60. The van der Waals surface area contributed by atoms with Gasteiger partial charge in [0, 0.05) is 76.2 Å². The van der Waals surface area contributed by atoms with Crippen molar-refractivity contribution in [2.75, 3.05) is 71.0 Å². The highest BCUT2D eigenvalue weighted by molar-refractivity contribution is 7.90. The minimum absolute atomic E-state index is 0.220. The number of halogens is 1. The standard InChI is InChI=1S/C41H57ClN4O6S/c1-29-7-6-16-41(50-3,28-44-18-20-45(21-19-44)36-15-22-51-27-36)37-13-10-33(37)25-46-17-5-4-8-31-23-35(42)12-9-34(31)26-52-39-14-11-32(24-38(39)46)40(47)43-53(48,49)30(29)2/h6,9,11-12,14,16,23-24,29-30,33,36-37H,4-5,7-8,10,13,15,17-22,25-28H2,1-3H3,(H,43,47)/b16-6+/t29-,30+,33-,36-,37+,41+/m0/s1. The molecule has 4 heterocycles. The number of carbonyl (C=O) groups is 1. The Bertz CT molecular complexity index is 1740. The van der Waals surface area contributed by atoms with Gasteiger partial charge in [0.1, 0.15) is 18.0 Å². The van der Waals surface area contributed by atoms with Gasteiger partial charge in [-0.25, -0.2) is 13.1 Å². The number of nitrogens with one attached hydrogen (secondary N) is 1. The highest BCUT2D eigenvalue weighted by atomic mass is 35.5. The summed E-state index contributed by atoms with van der Waals surface area (Å²) in [4.78, 5) is 21.1. The Hall–Kier alpha value is -2.67. The molecule has 1 saturated carbocycles. The van der Waals surface area contributed by atoms with Crippen LogP contribution in [0.2, 0.25) is 5.02 Å². The van der Waals surface area contributed by atoms with Crippen molar-refractivity contribution in [3.8, 4) is 5.75 Å². The number of benzene rings is 2. The Morgan fingerprint density at radius 3 is 2.57 bits per heavy atom. The predicted molar refractivity (Wildman–Crippen MR) is 209 cm³/mol. The first-order chi connectivity index (χ1) is 25.5. The van der Waals surface area contributed by atoms with Crippen molar-refractivity contribution in [1.82, 2.24) is 14.5 Å². The topological polar surface area (TPSA) is 101 Å². The Morgan fingerprint density at radius 2 is 1.83 bits per heavy atom. The molecule has 0 unspecified atom stereocenters. The van der Waals surface area contributed by atoms with Crippen LogP contribution in [0.4, 0.5) is 5.69 Å². The van der Waals surface area contributed by atoms with Crippen molar-refractivity contribution in [2.24, 2.45) is 17.8 Å². The lowest BCUT2D eigenvalue weighted by molar-refractivity contribution is -0.0963. The van der Waals surface area contributed by atoms with Crippen LogP contribution in [-0.4, -0.2) is 107 Å². The molecule has 1 aliphatic carbocycles. The van der Waals surface area contributed by atoms with E-state index in [1.807, 2.05) is 44.4 Å². The lowest BCUT2D eigenvalue weighted by Gasteiger charge is -2.52. The monoisotopic (exact) mass is 768 g/mol. The molecule has 4 aliphatic heterocycles. The smallest absolute Gasteiger partial charge is 0.264 e. The molecule has 53 heavy (non-hydrogen) atoms. The number of carbonyl (C=O) groups excluding carboxylic acids is 1. The molecule has 12 heteroatoms. The molecule has 5 aliphatic rings. The van der Waals surface area contributed by atoms with Gasteiger partial charge < -0.3 is 19.1 Å². The summed E-state index contributed by atoms with van der Waals surface area (Å²) in [5.41, 5.74) is 2.88. The number of fused-ring (bicyclic) bond motifs is 3. The lowest BCUT2D eigenvalue weighted by atomic mass is 9.63. The average molecular weight is 769 g/mol. The molecule has 1 N–H and O–H groups in total. The summed E-state index contributed by atoms with van der Waals surface area (Å²) in [6.45, 7) is 12.0. The van der Waals surface area contributed by atoms with Crippen LogP contribution < -0.4 is 14.4 Å². The second kappa shape index (κ2) is 16.6. The van der Waals surface area contributed by atoms with E-state index in [2.05, 4.69) is 31.6 Å². The van der Waals surface area contributed by atoms with Gasteiger partial charge in [0.2, 0.25) is 10.0 Å². The number of anilines is 1. The Morgan fingerprint density at radius 1 is 1.00 bits per heavy atom. The summed E-state index contributed by atoms with van der Waals surface area (Å²) in [6.07, 6.45) is 11.0. The van der Waals surface area contributed by atoms with E-state index in [0.717, 1.165) is 114 Å². The molecule has 290 valence electrons. The minimum atomic E-state index is -3.96. The maximum atomic E-state index is 13.6. The molecule has 0 aromatic heterocycles. The third-order valence-corrected chi connectivity index (χ3v) is 15.0. The van der Waals surface area contributed by atoms with Crippen molar-refractivity contribution >= 4 is 33.2 Å². The summed E-state index contributed by atoms with van der Waals surface area (Å²) in [5, 5.41) is -0.0604. The van der Waals surface area contributed by atoms with Gasteiger partial charge in [0.05, 0.1) is 17.5 Å². The first-order valence-electron chi connectivity index (χ1n) is 19.7. The quantitative estimate of drug-likeness (QED) is 0.380. The summed E-state index contributed by atoms with van der Waals surface area (Å²) in [6, 6.07) is 11.8. The number of hydrogen-bond acceptors (Lipinski definition) is 9. The SMILES string of the molecule is CO[C@@]1(CN2CCN([C@H]3CCOC3)CC2)/C=C/C[C@H](C)[C@@H](C)S(=O)(=O)NC(=O)c2ccc3c(c2)N(CCCCc2cc(Cl)ccc2CO3)C[C@@H]2CC[C@H]21. The number of allylic oxidation sites excluding steroid dienone is 1. The van der Waals surface area contributed by atoms with Crippen molar-refractivity contribution in [3.63, 3.8) is 0 Å². The number of ether oxygens (including phenoxy) is 3. The van der Waals surface area contributed by atoms with Gasteiger partial charge in [0.15, 0.2) is 0 Å². The third-order valence-electron chi connectivity index (χ3n) is 12.9. The number of methoxy groups -OCH3 is 1. The van der Waals surface area contributed by atoms with Gasteiger partial charge in [0.25, 0.3) is 5.91 Å². The lowest BCUT2D eigenvalue weighted by Crippen LogP contribution is -2.59. The van der Waals surface area contributed by atoms with Crippen LogP contribution in [-0.2, 0) is 32.5 Å². The molecule has 2 bridgehead atoms. The van der Waals surface area contributed by atoms with Crippen LogP contribution in [0.15, 0.2) is 48.6 Å². The number of piperazine rings is 1. The Kier molecular flexibility index (Phi) is 12.1. The second-order valence-electron chi connectivity index (χ2n) is 16.0. The summed E-state index contributed by atoms with van der Waals surface area (Å²) in [5.74, 6) is 0.462. The van der Waals surface area contributed by atoms with E-state index in [1.54, 1.807) is 13.0 Å². The molecule has 3 fully saturated rings. The van der Waals surface area contributed by atoms with Gasteiger partial charge in [-0.15, -0.1) is 0 Å². The average Bonchev–Trinajstić information content (AvgIpc) is 3.67. The van der Waals surface area contributed by atoms with E-state index in [9.17, 15) is 13.2 Å². The van der Waals surface area contributed by atoms with Crippen molar-refractivity contribution < 1.29 is 27.4 Å². The van der Waals surface area contributed by atoms with Crippen LogP contribution in [0.3, 0.4) is 0 Å². The van der Waals surface area contributed by atoms with Gasteiger partial charge in [-0.3, -0.25) is 14.6 Å². The van der Waals surface area contributed by atoms with Gasteiger partial charge in [-0.1, -0.05) is 36.7 Å². The zero-order valence-electron chi connectivity index (χ0n) is 31.6. The van der Waals surface area contributed by atoms with Gasteiger partial charge in [-0.05, 0) is 111 Å². The zero-order chi connectivity index (χ0) is 37.2. The van der Waals surface area contributed by atoms with E-state index in [0.29, 0.717) is 36.3 Å². The van der Waals surface area contributed by atoms with E-state index in [4.69, 9.17) is 25.8 Å². The summed E-state index contributed by atoms with van der Waals surface area (Å²) in [7, 11) is -2.11. The minimum Gasteiger partial charge on any atom is -0.487 e. The van der Waals surface area contributed by atoms with Crippen LogP contribution >= 0.6 is 11.6 Å². The number of hydrogen-bond donors (Lipinski definition) is 1. The number of sulfonamides is 1. The molecular weight excluding hydrogens is 712 g/mol. The fraction of sp³-hybridized carbons (Fsp3) is 0.634. The molecule has 1 amide bonds. The molecule has 0 spiro atoms. The van der Waals surface area contributed by atoms with Crippen LogP contribution in [0.25, 0.3) is 0 Å². The maximum absolute atomic E-state index is 13.6. The van der Waals surface area contributed by atoms with Crippen molar-refractivity contribution in [2.45, 2.75) is 82.3 Å². The van der Waals surface area contributed by atoms with E-state index in [1.165, 1.54) is 5.56 Å². The summed E-state index contributed by atoms with van der Waals surface area (Å²) >= 11 is 6.41. The highest BCUT2D eigenvalue weighted by Gasteiger charge is 2.48. The Balaban J connectivity index is 1.22. The summed E-state index contributed by atoms with van der Waals surface area (Å²) < 4.78 is 48.5. The fourth-order valence-corrected chi connectivity index (χ4v) is 10.6. The highest BCUT2D eigenvalue weighted by Crippen LogP contribution is 2.47. The molecule has 6 atom stereocenters. The number of rotatable bonds is 4. The first kappa shape index (κ1) is 38.6. The predicted octanol–water partition coefficient (Wildman–Crippen LogP) is 5.92. The molecule has 10 nitrogen and oxygen atoms in total. The van der Waals surface area contributed by atoms with Gasteiger partial charge in [-0.2, -0.15) is 0 Å². The number of amides is 1. The van der Waals surface area contributed by atoms with Crippen LogP contribution in [0.5, 0.6) is 5.75 Å². The maximum Gasteiger partial charge on any atom is 0.264 e. The fourth-order valence-electron chi connectivity index (χ4n) is 9.08. The normalized spacial score (nSPS) is 32.3. The molecule has 7 rings (SSSR count). The molecule has 2 aromatic carbocycles. The van der Waals surface area contributed by atoms with E-state index >= 15 is 0 Å². The molecule has 0 radical (unpaired) electrons. The number of nitrogens with zero attached hydrogens (tertiary/aromatic N) is 3. The zero-order valence-corrected chi connectivity index (χ0v) is 33.2. The molecule has 2 saturated heterocycles. The van der Waals surface area contributed by atoms with E-state index in [-0.39, 0.29) is 11.8 Å². The number of aryl methyl sites for hydroxylation is 1. The Labute approximate surface area is 321 Å². The largest absolute Gasteiger partial charge is 0.487 e. The molecule has 2 aromatic rings. The van der Waals surface area contributed by atoms with Crippen LogP contribution in [0, 0.1) is 17.8 Å². The van der Waals surface area contributed by atoms with Gasteiger partial charge >= 0.3 is 0 Å².